The molecule has 0 amide bonds. The lowest BCUT2D eigenvalue weighted by Gasteiger charge is -2.06. The van der Waals surface area contributed by atoms with Crippen LogP contribution in [0.4, 0.5) is 4.39 Å². The van der Waals surface area contributed by atoms with E-state index in [1.54, 1.807) is 18.4 Å². The molecule has 20 heavy (non-hydrogen) atoms. The van der Waals surface area contributed by atoms with Crippen molar-refractivity contribution in [2.75, 3.05) is 0 Å². The highest BCUT2D eigenvalue weighted by atomic mass is 79.9. The molecule has 2 aromatic rings. The van der Waals surface area contributed by atoms with Gasteiger partial charge in [0.25, 0.3) is 0 Å². The molecule has 0 saturated heterocycles. The minimum Gasteiger partial charge on any atom is -0.483 e. The maximum atomic E-state index is 13.5. The van der Waals surface area contributed by atoms with Gasteiger partial charge in [-0.25, -0.2) is 4.39 Å². The van der Waals surface area contributed by atoms with Crippen LogP contribution in [0.15, 0.2) is 39.4 Å². The van der Waals surface area contributed by atoms with Crippen molar-refractivity contribution in [1.29, 1.82) is 0 Å². The molecule has 108 valence electrons. The van der Waals surface area contributed by atoms with Gasteiger partial charge in [0.15, 0.2) is 11.6 Å². The number of furan rings is 1. The maximum absolute atomic E-state index is 13.5. The van der Waals surface area contributed by atoms with Crippen LogP contribution in [0.25, 0.3) is 0 Å². The Bertz CT molecular complexity index is 569. The van der Waals surface area contributed by atoms with E-state index < -0.39 is 0 Å². The maximum Gasteiger partial charge on any atom is 0.165 e. The summed E-state index contributed by atoms with van der Waals surface area (Å²) in [5.74, 6) is 0.490. The van der Waals surface area contributed by atoms with E-state index in [0.717, 1.165) is 16.6 Å². The first-order chi connectivity index (χ1) is 9.54. The quantitative estimate of drug-likeness (QED) is 0.852. The molecule has 0 atom stereocenters. The van der Waals surface area contributed by atoms with Gasteiger partial charge in [0.2, 0.25) is 0 Å². The van der Waals surface area contributed by atoms with Crippen LogP contribution >= 0.6 is 15.9 Å². The fourth-order valence-electron chi connectivity index (χ4n) is 1.65. The molecule has 1 aromatic carbocycles. The summed E-state index contributed by atoms with van der Waals surface area (Å²) < 4.78 is 25.1. The number of hydrogen-bond acceptors (Lipinski definition) is 3. The summed E-state index contributed by atoms with van der Waals surface area (Å²) in [6, 6.07) is 6.91. The second kappa shape index (κ2) is 6.90. The number of hydrogen-bond donors (Lipinski definition) is 1. The third-order valence-electron chi connectivity index (χ3n) is 2.69. The molecule has 0 fully saturated rings. The fraction of sp³-hybridized carbons (Fsp3) is 0.333. The molecule has 0 aliphatic rings. The summed E-state index contributed by atoms with van der Waals surface area (Å²) >= 11 is 3.28. The number of ether oxygens (including phenoxy) is 1. The van der Waals surface area contributed by atoms with Gasteiger partial charge in [-0.3, -0.25) is 0 Å². The Balaban J connectivity index is 1.92. The van der Waals surface area contributed by atoms with Crippen LogP contribution in [0.2, 0.25) is 0 Å². The molecule has 0 spiro atoms. The van der Waals surface area contributed by atoms with Crippen molar-refractivity contribution < 1.29 is 13.5 Å². The van der Waals surface area contributed by atoms with Crippen molar-refractivity contribution in [2.24, 2.45) is 0 Å². The molecule has 2 rings (SSSR count). The SMILES string of the molecule is CC(C)NCc1coc(COc2cc(Br)ccc2F)c1. The fourth-order valence-corrected chi connectivity index (χ4v) is 1.99. The standard InChI is InChI=1S/C15H17BrFNO2/c1-10(2)18-7-11-5-13(19-8-11)9-20-15-6-12(16)3-4-14(15)17/h3-6,8,10,18H,7,9H2,1-2H3. The van der Waals surface area contributed by atoms with E-state index in [1.807, 2.05) is 6.07 Å². The molecule has 1 aromatic heterocycles. The second-order valence-electron chi connectivity index (χ2n) is 4.82. The zero-order valence-electron chi connectivity index (χ0n) is 11.5. The van der Waals surface area contributed by atoms with E-state index in [1.165, 1.54) is 6.07 Å². The third-order valence-corrected chi connectivity index (χ3v) is 3.18. The Morgan fingerprint density at radius 2 is 2.15 bits per heavy atom. The molecule has 0 aliphatic carbocycles. The Hall–Kier alpha value is -1.33. The molecule has 1 N–H and O–H groups in total. The topological polar surface area (TPSA) is 34.4 Å². The van der Waals surface area contributed by atoms with Gasteiger partial charge < -0.3 is 14.5 Å². The van der Waals surface area contributed by atoms with Gasteiger partial charge in [0, 0.05) is 22.6 Å². The lowest BCUT2D eigenvalue weighted by Crippen LogP contribution is -2.21. The van der Waals surface area contributed by atoms with Crippen molar-refractivity contribution in [2.45, 2.75) is 33.0 Å². The van der Waals surface area contributed by atoms with Crippen molar-refractivity contribution >= 4 is 15.9 Å². The smallest absolute Gasteiger partial charge is 0.165 e. The van der Waals surface area contributed by atoms with E-state index in [2.05, 4.69) is 35.1 Å². The normalized spacial score (nSPS) is 11.1. The molecule has 3 nitrogen and oxygen atoms in total. The van der Waals surface area contributed by atoms with E-state index >= 15 is 0 Å². The average molecular weight is 342 g/mol. The largest absolute Gasteiger partial charge is 0.483 e. The number of halogens is 2. The minimum absolute atomic E-state index is 0.203. The number of benzene rings is 1. The van der Waals surface area contributed by atoms with Gasteiger partial charge in [-0.05, 0) is 24.3 Å². The molecule has 0 radical (unpaired) electrons. The summed E-state index contributed by atoms with van der Waals surface area (Å²) in [5, 5.41) is 3.30. The van der Waals surface area contributed by atoms with Gasteiger partial charge in [0.1, 0.15) is 12.4 Å². The lowest BCUT2D eigenvalue weighted by atomic mass is 10.3. The summed E-state index contributed by atoms with van der Waals surface area (Å²) in [5.41, 5.74) is 1.05. The van der Waals surface area contributed by atoms with Crippen LogP contribution in [0, 0.1) is 5.82 Å². The predicted octanol–water partition coefficient (Wildman–Crippen LogP) is 4.26. The highest BCUT2D eigenvalue weighted by Gasteiger charge is 2.07. The van der Waals surface area contributed by atoms with Gasteiger partial charge in [-0.15, -0.1) is 0 Å². The molecule has 1 heterocycles. The summed E-state index contributed by atoms with van der Waals surface area (Å²) in [6.45, 7) is 5.11. The van der Waals surface area contributed by atoms with E-state index in [0.29, 0.717) is 11.8 Å². The Morgan fingerprint density at radius 1 is 1.35 bits per heavy atom. The van der Waals surface area contributed by atoms with Crippen LogP contribution in [0.1, 0.15) is 25.2 Å². The molecule has 0 bridgehead atoms. The lowest BCUT2D eigenvalue weighted by molar-refractivity contribution is 0.258. The van der Waals surface area contributed by atoms with Gasteiger partial charge in [0.05, 0.1) is 6.26 Å². The summed E-state index contributed by atoms with van der Waals surface area (Å²) in [4.78, 5) is 0. The summed E-state index contributed by atoms with van der Waals surface area (Å²) in [7, 11) is 0. The number of nitrogens with one attached hydrogen (secondary N) is 1. The first kappa shape index (κ1) is 15.1. The first-order valence-electron chi connectivity index (χ1n) is 6.42. The molecular formula is C15H17BrFNO2. The zero-order valence-corrected chi connectivity index (χ0v) is 13.0. The highest BCUT2D eigenvalue weighted by molar-refractivity contribution is 9.10. The van der Waals surface area contributed by atoms with E-state index in [-0.39, 0.29) is 18.2 Å². The van der Waals surface area contributed by atoms with Gasteiger partial charge >= 0.3 is 0 Å². The van der Waals surface area contributed by atoms with Crippen molar-refractivity contribution in [3.05, 3.63) is 52.1 Å². The van der Waals surface area contributed by atoms with Crippen LogP contribution in [0.5, 0.6) is 5.75 Å². The monoisotopic (exact) mass is 341 g/mol. The van der Waals surface area contributed by atoms with Gasteiger partial charge in [-0.2, -0.15) is 0 Å². The van der Waals surface area contributed by atoms with Crippen LogP contribution in [-0.2, 0) is 13.2 Å². The highest BCUT2D eigenvalue weighted by Crippen LogP contribution is 2.23. The molecular weight excluding hydrogens is 325 g/mol. The van der Waals surface area contributed by atoms with E-state index in [9.17, 15) is 4.39 Å². The van der Waals surface area contributed by atoms with Crippen molar-refractivity contribution in [3.8, 4) is 5.75 Å². The predicted molar refractivity (Wildman–Crippen MR) is 79.1 cm³/mol. The molecule has 0 saturated carbocycles. The van der Waals surface area contributed by atoms with Crippen molar-refractivity contribution in [1.82, 2.24) is 5.32 Å². The molecule has 5 heteroatoms. The summed E-state index contributed by atoms with van der Waals surface area (Å²) in [6.07, 6.45) is 1.69. The Labute approximate surface area is 126 Å². The number of rotatable bonds is 6. The third kappa shape index (κ3) is 4.35. The van der Waals surface area contributed by atoms with E-state index in [4.69, 9.17) is 9.15 Å². The Kier molecular flexibility index (Phi) is 5.20. The average Bonchev–Trinajstić information content (AvgIpc) is 2.85. The Morgan fingerprint density at radius 3 is 2.90 bits per heavy atom. The zero-order chi connectivity index (χ0) is 14.5. The van der Waals surface area contributed by atoms with Crippen LogP contribution < -0.4 is 10.1 Å². The molecule has 0 aliphatic heterocycles. The second-order valence-corrected chi connectivity index (χ2v) is 5.74. The molecule has 0 unspecified atom stereocenters. The minimum atomic E-state index is -0.388. The van der Waals surface area contributed by atoms with Crippen LogP contribution in [-0.4, -0.2) is 6.04 Å². The first-order valence-corrected chi connectivity index (χ1v) is 7.21. The van der Waals surface area contributed by atoms with Crippen molar-refractivity contribution in [3.63, 3.8) is 0 Å². The van der Waals surface area contributed by atoms with Gasteiger partial charge in [-0.1, -0.05) is 29.8 Å². The van der Waals surface area contributed by atoms with Crippen LogP contribution in [0.3, 0.4) is 0 Å².